The maximum absolute atomic E-state index is 12.1. The molecule has 0 aliphatic carbocycles. The lowest BCUT2D eigenvalue weighted by molar-refractivity contribution is -0.123. The van der Waals surface area contributed by atoms with Crippen LogP contribution in [0.5, 0.6) is 5.75 Å². The molecule has 0 saturated carbocycles. The second-order valence-electron chi connectivity index (χ2n) is 8.82. The summed E-state index contributed by atoms with van der Waals surface area (Å²) in [6.07, 6.45) is 2.04. The first-order chi connectivity index (χ1) is 15.0. The lowest BCUT2D eigenvalue weighted by Crippen LogP contribution is -2.71. The lowest BCUT2D eigenvalue weighted by atomic mass is 9.72. The zero-order valence-corrected chi connectivity index (χ0v) is 17.9. The molecule has 5 rings (SSSR count). The molecule has 0 radical (unpaired) electrons. The lowest BCUT2D eigenvalue weighted by Gasteiger charge is -2.61. The summed E-state index contributed by atoms with van der Waals surface area (Å²) in [4.78, 5) is 32.7. The Kier molecular flexibility index (Phi) is 4.81. The Morgan fingerprint density at radius 3 is 2.74 bits per heavy atom. The Hall–Kier alpha value is -3.13. The first-order valence-electron chi connectivity index (χ1n) is 10.7. The normalized spacial score (nSPS) is 21.4. The standard InChI is InChI=1S/C23H27N5O3/c1-3-19-22(30)26-18-8-15(4-7-20(18)31-19)10-27-11-23(12-27)13-28(14-23)16-5-6-17(25-9-16)21(29)24-2/h4-9,19H,3,10-14H2,1-2H3,(H,24,29)(H,26,30). The van der Waals surface area contributed by atoms with E-state index in [1.54, 1.807) is 19.3 Å². The van der Waals surface area contributed by atoms with Gasteiger partial charge in [0.1, 0.15) is 11.4 Å². The number of hydrogen-bond acceptors (Lipinski definition) is 6. The molecule has 2 N–H and O–H groups in total. The van der Waals surface area contributed by atoms with Crippen LogP contribution in [0.1, 0.15) is 29.4 Å². The molecule has 1 aromatic carbocycles. The summed E-state index contributed by atoms with van der Waals surface area (Å²) in [5, 5.41) is 5.56. The number of likely N-dealkylation sites (tertiary alicyclic amines) is 1. The van der Waals surface area contributed by atoms with Gasteiger partial charge in [-0.05, 0) is 36.2 Å². The molecule has 31 heavy (non-hydrogen) atoms. The molecule has 2 saturated heterocycles. The predicted octanol–water partition coefficient (Wildman–Crippen LogP) is 1.87. The molecule has 1 spiro atoms. The van der Waals surface area contributed by atoms with Crippen molar-refractivity contribution in [1.82, 2.24) is 15.2 Å². The molecular formula is C23H27N5O3. The van der Waals surface area contributed by atoms with Crippen LogP contribution in [0.2, 0.25) is 0 Å². The van der Waals surface area contributed by atoms with E-state index in [2.05, 4.69) is 31.5 Å². The van der Waals surface area contributed by atoms with E-state index >= 15 is 0 Å². The van der Waals surface area contributed by atoms with Crippen LogP contribution in [0, 0.1) is 5.41 Å². The predicted molar refractivity (Wildman–Crippen MR) is 117 cm³/mol. The van der Waals surface area contributed by atoms with E-state index in [0.717, 1.165) is 49.8 Å². The van der Waals surface area contributed by atoms with Gasteiger partial charge in [0.25, 0.3) is 11.8 Å². The largest absolute Gasteiger partial charge is 0.478 e. The summed E-state index contributed by atoms with van der Waals surface area (Å²) in [6, 6.07) is 9.81. The number of aromatic nitrogens is 1. The van der Waals surface area contributed by atoms with Crippen LogP contribution in [0.4, 0.5) is 11.4 Å². The monoisotopic (exact) mass is 421 g/mol. The zero-order valence-electron chi connectivity index (χ0n) is 17.9. The topological polar surface area (TPSA) is 86.8 Å². The Bertz CT molecular complexity index is 1010. The molecule has 1 aromatic heterocycles. The molecule has 8 nitrogen and oxygen atoms in total. The van der Waals surface area contributed by atoms with E-state index in [0.29, 0.717) is 17.5 Å². The number of fused-ring (bicyclic) bond motifs is 1. The molecule has 2 aromatic rings. The number of nitrogens with one attached hydrogen (secondary N) is 2. The SMILES string of the molecule is CCC1Oc2ccc(CN3CC4(C3)CN(c3ccc(C(=O)NC)nc3)C4)cc2NC1=O. The number of carbonyl (C=O) groups is 2. The van der Waals surface area contributed by atoms with E-state index in [-0.39, 0.29) is 11.8 Å². The highest BCUT2D eigenvalue weighted by Gasteiger charge is 2.51. The van der Waals surface area contributed by atoms with Gasteiger partial charge in [-0.2, -0.15) is 0 Å². The van der Waals surface area contributed by atoms with E-state index in [1.807, 2.05) is 25.1 Å². The molecule has 1 atom stereocenters. The minimum Gasteiger partial charge on any atom is -0.478 e. The van der Waals surface area contributed by atoms with Gasteiger partial charge < -0.3 is 20.3 Å². The summed E-state index contributed by atoms with van der Waals surface area (Å²) in [6.45, 7) is 6.95. The number of anilines is 2. The number of carbonyl (C=O) groups excluding carboxylic acids is 2. The number of pyridine rings is 1. The van der Waals surface area contributed by atoms with E-state index in [9.17, 15) is 9.59 Å². The second kappa shape index (κ2) is 7.53. The van der Waals surface area contributed by atoms with Crippen molar-refractivity contribution in [2.24, 2.45) is 5.41 Å². The molecule has 8 heteroatoms. The Morgan fingerprint density at radius 1 is 1.26 bits per heavy atom. The molecule has 0 bridgehead atoms. The fourth-order valence-corrected chi connectivity index (χ4v) is 4.82. The summed E-state index contributed by atoms with van der Waals surface area (Å²) in [5.74, 6) is 0.517. The van der Waals surface area contributed by atoms with Gasteiger partial charge in [-0.1, -0.05) is 13.0 Å². The van der Waals surface area contributed by atoms with Gasteiger partial charge in [0.2, 0.25) is 0 Å². The third-order valence-electron chi connectivity index (χ3n) is 6.38. The number of benzene rings is 1. The summed E-state index contributed by atoms with van der Waals surface area (Å²) >= 11 is 0. The number of nitrogens with zero attached hydrogens (tertiary/aromatic N) is 3. The first kappa shape index (κ1) is 19.8. The van der Waals surface area contributed by atoms with Gasteiger partial charge in [0.05, 0.1) is 17.6 Å². The highest BCUT2D eigenvalue weighted by molar-refractivity contribution is 5.97. The fourth-order valence-electron chi connectivity index (χ4n) is 4.82. The van der Waals surface area contributed by atoms with Gasteiger partial charge in [-0.25, -0.2) is 4.98 Å². The van der Waals surface area contributed by atoms with Gasteiger partial charge >= 0.3 is 0 Å². The van der Waals surface area contributed by atoms with E-state index in [1.165, 1.54) is 5.56 Å². The van der Waals surface area contributed by atoms with E-state index < -0.39 is 6.10 Å². The van der Waals surface area contributed by atoms with Crippen molar-refractivity contribution in [3.8, 4) is 5.75 Å². The third-order valence-corrected chi connectivity index (χ3v) is 6.38. The van der Waals surface area contributed by atoms with Crippen LogP contribution >= 0.6 is 0 Å². The first-order valence-corrected chi connectivity index (χ1v) is 10.7. The second-order valence-corrected chi connectivity index (χ2v) is 8.82. The highest BCUT2D eigenvalue weighted by Crippen LogP contribution is 2.42. The van der Waals surface area contributed by atoms with Crippen molar-refractivity contribution in [2.45, 2.75) is 26.0 Å². The number of hydrogen-bond donors (Lipinski definition) is 2. The molecule has 3 aliphatic rings. The van der Waals surface area contributed by atoms with Crippen LogP contribution in [-0.4, -0.2) is 61.0 Å². The number of ether oxygens (including phenoxy) is 1. The van der Waals surface area contributed by atoms with Crippen LogP contribution in [0.3, 0.4) is 0 Å². The van der Waals surface area contributed by atoms with Crippen molar-refractivity contribution in [2.75, 3.05) is 43.4 Å². The smallest absolute Gasteiger partial charge is 0.269 e. The number of amides is 2. The van der Waals surface area contributed by atoms with Crippen molar-refractivity contribution >= 4 is 23.2 Å². The molecule has 1 unspecified atom stereocenters. The van der Waals surface area contributed by atoms with Gasteiger partial charge in [-0.3, -0.25) is 14.5 Å². The average Bonchev–Trinajstić information content (AvgIpc) is 2.73. The quantitative estimate of drug-likeness (QED) is 0.767. The molecule has 3 aliphatic heterocycles. The molecular weight excluding hydrogens is 394 g/mol. The molecule has 2 fully saturated rings. The maximum atomic E-state index is 12.1. The van der Waals surface area contributed by atoms with Crippen molar-refractivity contribution in [3.05, 3.63) is 47.8 Å². The molecule has 162 valence electrons. The highest BCUT2D eigenvalue weighted by atomic mass is 16.5. The zero-order chi connectivity index (χ0) is 21.6. The van der Waals surface area contributed by atoms with Crippen LogP contribution in [0.15, 0.2) is 36.5 Å². The molecule has 4 heterocycles. The van der Waals surface area contributed by atoms with Crippen molar-refractivity contribution < 1.29 is 14.3 Å². The maximum Gasteiger partial charge on any atom is 0.269 e. The number of rotatable bonds is 5. The molecule has 2 amide bonds. The average molecular weight is 422 g/mol. The van der Waals surface area contributed by atoms with Crippen molar-refractivity contribution in [3.63, 3.8) is 0 Å². The minimum absolute atomic E-state index is 0.0672. The van der Waals surface area contributed by atoms with Gasteiger partial charge in [0.15, 0.2) is 6.10 Å². The minimum atomic E-state index is -0.398. The Labute approximate surface area is 181 Å². The van der Waals surface area contributed by atoms with Gasteiger partial charge in [0, 0.05) is 45.2 Å². The van der Waals surface area contributed by atoms with E-state index in [4.69, 9.17) is 4.74 Å². The van der Waals surface area contributed by atoms with Crippen molar-refractivity contribution in [1.29, 1.82) is 0 Å². The third kappa shape index (κ3) is 3.61. The van der Waals surface area contributed by atoms with Crippen LogP contribution in [-0.2, 0) is 11.3 Å². The fraction of sp³-hybridized carbons (Fsp3) is 0.435. The van der Waals surface area contributed by atoms with Crippen LogP contribution in [0.25, 0.3) is 0 Å². The summed E-state index contributed by atoms with van der Waals surface area (Å²) in [7, 11) is 1.61. The van der Waals surface area contributed by atoms with Crippen LogP contribution < -0.4 is 20.3 Å². The Balaban J connectivity index is 1.14. The Morgan fingerprint density at radius 2 is 2.06 bits per heavy atom. The van der Waals surface area contributed by atoms with Gasteiger partial charge in [-0.15, -0.1) is 0 Å². The summed E-state index contributed by atoms with van der Waals surface area (Å²) in [5.41, 5.74) is 3.79. The summed E-state index contributed by atoms with van der Waals surface area (Å²) < 4.78 is 5.78.